The van der Waals surface area contributed by atoms with Gasteiger partial charge in [0.15, 0.2) is 12.9 Å². The van der Waals surface area contributed by atoms with E-state index in [1.807, 2.05) is 19.9 Å². The van der Waals surface area contributed by atoms with Crippen molar-refractivity contribution < 1.29 is 47.5 Å². The molecule has 264 valence electrons. The average Bonchev–Trinajstić information content (AvgIpc) is 3.34. The van der Waals surface area contributed by atoms with Gasteiger partial charge in [0.2, 0.25) is 0 Å². The molecular formula is C37H51FO9Si. The minimum atomic E-state index is -1.45. The molecule has 1 saturated heterocycles. The highest BCUT2D eigenvalue weighted by atomic mass is 28.3. The van der Waals surface area contributed by atoms with E-state index in [1.54, 1.807) is 55.5 Å². The summed E-state index contributed by atoms with van der Waals surface area (Å²) in [5, 5.41) is 9.80. The molecule has 3 rings (SSSR count). The quantitative estimate of drug-likeness (QED) is 0.102. The van der Waals surface area contributed by atoms with Crippen LogP contribution in [0.15, 0.2) is 60.4 Å². The highest BCUT2D eigenvalue weighted by Crippen LogP contribution is 2.41. The second-order valence-electron chi connectivity index (χ2n) is 13.9. The van der Waals surface area contributed by atoms with E-state index >= 15 is 4.39 Å². The Morgan fingerprint density at radius 3 is 2.46 bits per heavy atom. The van der Waals surface area contributed by atoms with Gasteiger partial charge in [-0.1, -0.05) is 50.0 Å². The highest BCUT2D eigenvalue weighted by molar-refractivity contribution is 6.76. The first-order chi connectivity index (χ1) is 22.6. The maximum Gasteiger partial charge on any atom is 0.342 e. The zero-order valence-electron chi connectivity index (χ0n) is 29.4. The smallest absolute Gasteiger partial charge is 0.342 e. The van der Waals surface area contributed by atoms with Crippen LogP contribution in [-0.2, 0) is 18.9 Å². The summed E-state index contributed by atoms with van der Waals surface area (Å²) >= 11 is 0. The number of benzene rings is 2. The maximum absolute atomic E-state index is 15.8. The van der Waals surface area contributed by atoms with E-state index in [4.69, 9.17) is 28.4 Å². The number of aliphatic hydroxyl groups is 1. The standard InChI is InChI=1S/C37H51FO9Si/c1-25(39)17-18-30(38)34(46-35(40)26-13-10-9-11-14-26)33-28(23-37(2,3)47-33)16-12-15-27-21-29(43-5)22-31(45-24-42-4)32(27)36(41)44-19-20-48(6,7)8/h9-15,18,21-22,25,28,33-34,39H,16-17,19-20,23-24H2,1-8H3/b15-12+,30-18+/t25-,28-,33+,34?/m1/s1. The van der Waals surface area contributed by atoms with Gasteiger partial charge in [-0.15, -0.1) is 0 Å². The lowest BCUT2D eigenvalue weighted by Crippen LogP contribution is -2.37. The fraction of sp³-hybridized carbons (Fsp3) is 0.514. The number of hydrogen-bond donors (Lipinski definition) is 1. The largest absolute Gasteiger partial charge is 0.497 e. The van der Waals surface area contributed by atoms with E-state index in [1.165, 1.54) is 20.3 Å². The Bertz CT molecular complexity index is 1420. The molecule has 11 heteroatoms. The number of aliphatic hydroxyl groups excluding tert-OH is 1. The molecule has 0 amide bonds. The Balaban J connectivity index is 1.95. The van der Waals surface area contributed by atoms with Gasteiger partial charge in [-0.25, -0.2) is 14.0 Å². The maximum atomic E-state index is 15.8. The predicted molar refractivity (Wildman–Crippen MR) is 186 cm³/mol. The highest BCUT2D eigenvalue weighted by Gasteiger charge is 2.46. The van der Waals surface area contributed by atoms with Crippen LogP contribution in [0.4, 0.5) is 4.39 Å². The monoisotopic (exact) mass is 686 g/mol. The number of methoxy groups -OCH3 is 2. The molecule has 1 unspecified atom stereocenters. The summed E-state index contributed by atoms with van der Waals surface area (Å²) in [7, 11) is 1.56. The van der Waals surface area contributed by atoms with Gasteiger partial charge in [-0.05, 0) is 81.8 Å². The zero-order valence-corrected chi connectivity index (χ0v) is 30.4. The number of rotatable bonds is 17. The van der Waals surface area contributed by atoms with E-state index in [2.05, 4.69) is 19.6 Å². The molecule has 4 atom stereocenters. The molecule has 9 nitrogen and oxygen atoms in total. The normalized spacial score (nSPS) is 19.2. The van der Waals surface area contributed by atoms with Crippen molar-refractivity contribution >= 4 is 26.1 Å². The second-order valence-corrected chi connectivity index (χ2v) is 19.5. The molecule has 0 aliphatic carbocycles. The van der Waals surface area contributed by atoms with Crippen LogP contribution < -0.4 is 9.47 Å². The Hall–Kier alpha value is -3.51. The van der Waals surface area contributed by atoms with E-state index in [0.717, 1.165) is 6.04 Å². The predicted octanol–water partition coefficient (Wildman–Crippen LogP) is 7.61. The number of hydrogen-bond acceptors (Lipinski definition) is 9. The van der Waals surface area contributed by atoms with Crippen LogP contribution in [0.3, 0.4) is 0 Å². The van der Waals surface area contributed by atoms with Gasteiger partial charge >= 0.3 is 11.9 Å². The number of carbonyl (C=O) groups excluding carboxylic acids is 2. The fourth-order valence-electron chi connectivity index (χ4n) is 5.43. The minimum Gasteiger partial charge on any atom is -0.497 e. The van der Waals surface area contributed by atoms with Crippen LogP contribution in [0.2, 0.25) is 25.7 Å². The van der Waals surface area contributed by atoms with E-state index in [9.17, 15) is 14.7 Å². The third-order valence-electron chi connectivity index (χ3n) is 7.84. The number of ether oxygens (including phenoxy) is 6. The average molecular weight is 687 g/mol. The summed E-state index contributed by atoms with van der Waals surface area (Å²) < 4.78 is 50.0. The van der Waals surface area contributed by atoms with Crippen LogP contribution >= 0.6 is 0 Å². The molecule has 0 saturated carbocycles. The second kappa shape index (κ2) is 17.8. The van der Waals surface area contributed by atoms with Crippen LogP contribution in [0.1, 0.15) is 66.3 Å². The summed E-state index contributed by atoms with van der Waals surface area (Å²) in [6.07, 6.45) is 2.98. The molecule has 0 spiro atoms. The molecule has 2 aromatic rings. The first-order valence-corrected chi connectivity index (χ1v) is 20.0. The van der Waals surface area contributed by atoms with Crippen molar-refractivity contribution in [3.63, 3.8) is 0 Å². The Morgan fingerprint density at radius 1 is 1.12 bits per heavy atom. The fourth-order valence-corrected chi connectivity index (χ4v) is 6.14. The molecule has 0 aromatic heterocycles. The van der Waals surface area contributed by atoms with Crippen molar-refractivity contribution in [3.05, 3.63) is 77.1 Å². The molecule has 1 fully saturated rings. The number of esters is 2. The zero-order chi connectivity index (χ0) is 35.5. The molecule has 1 N–H and O–H groups in total. The van der Waals surface area contributed by atoms with Gasteiger partial charge in [0.05, 0.1) is 31.0 Å². The van der Waals surface area contributed by atoms with E-state index < -0.39 is 49.8 Å². The molecule has 48 heavy (non-hydrogen) atoms. The van der Waals surface area contributed by atoms with Gasteiger partial charge in [0.1, 0.15) is 29.0 Å². The minimum absolute atomic E-state index is 0.0477. The SMILES string of the molecule is COCOc1cc(OC)cc(/C=C/C[C@@H]2CC(C)(C)O[C@@H]2C(OC(=O)c2ccccc2)/C(F)=C\C[C@@H](C)O)c1C(=O)OCC[Si](C)(C)C. The number of allylic oxidation sites excluding steroid dienone is 1. The summed E-state index contributed by atoms with van der Waals surface area (Å²) in [6, 6.07) is 12.5. The van der Waals surface area contributed by atoms with Crippen molar-refractivity contribution in [3.8, 4) is 11.5 Å². The van der Waals surface area contributed by atoms with Crippen LogP contribution in [0.25, 0.3) is 6.08 Å². The Labute approximate surface area is 285 Å². The molecule has 1 aliphatic heterocycles. The van der Waals surface area contributed by atoms with Gasteiger partial charge < -0.3 is 33.5 Å². The van der Waals surface area contributed by atoms with Gasteiger partial charge in [-0.3, -0.25) is 0 Å². The van der Waals surface area contributed by atoms with E-state index in [-0.39, 0.29) is 36.0 Å². The Morgan fingerprint density at radius 2 is 1.83 bits per heavy atom. The van der Waals surface area contributed by atoms with Crippen molar-refractivity contribution in [1.29, 1.82) is 0 Å². The lowest BCUT2D eigenvalue weighted by molar-refractivity contribution is -0.0805. The summed E-state index contributed by atoms with van der Waals surface area (Å²) in [4.78, 5) is 26.6. The van der Waals surface area contributed by atoms with Crippen molar-refractivity contribution in [1.82, 2.24) is 0 Å². The lowest BCUT2D eigenvalue weighted by atomic mass is 9.88. The van der Waals surface area contributed by atoms with Gasteiger partial charge in [0, 0.05) is 21.3 Å². The summed E-state index contributed by atoms with van der Waals surface area (Å²) in [5.74, 6) is -1.43. The lowest BCUT2D eigenvalue weighted by Gasteiger charge is -2.27. The molecule has 1 heterocycles. The van der Waals surface area contributed by atoms with Crippen molar-refractivity contribution in [2.75, 3.05) is 27.6 Å². The first kappa shape index (κ1) is 38.9. The van der Waals surface area contributed by atoms with Gasteiger partial charge in [0.25, 0.3) is 0 Å². The van der Waals surface area contributed by atoms with Gasteiger partial charge in [-0.2, -0.15) is 0 Å². The molecule has 0 bridgehead atoms. The first-order valence-electron chi connectivity index (χ1n) is 16.3. The molecule has 0 radical (unpaired) electrons. The third-order valence-corrected chi connectivity index (χ3v) is 9.55. The number of carbonyl (C=O) groups is 2. The molecular weight excluding hydrogens is 635 g/mol. The third kappa shape index (κ3) is 11.9. The van der Waals surface area contributed by atoms with E-state index in [0.29, 0.717) is 30.8 Å². The van der Waals surface area contributed by atoms with Crippen LogP contribution in [-0.4, -0.2) is 76.7 Å². The Kier molecular flexibility index (Phi) is 14.4. The van der Waals surface area contributed by atoms with Crippen LogP contribution in [0, 0.1) is 5.92 Å². The summed E-state index contributed by atoms with van der Waals surface area (Å²) in [6.45, 7) is 12.2. The topological polar surface area (TPSA) is 110 Å². The summed E-state index contributed by atoms with van der Waals surface area (Å²) in [5.41, 5.74) is 0.408. The van der Waals surface area contributed by atoms with Crippen molar-refractivity contribution in [2.45, 2.75) is 89.6 Å². The number of halogens is 1. The molecule has 1 aliphatic rings. The molecule has 2 aromatic carbocycles. The van der Waals surface area contributed by atoms with Crippen LogP contribution in [0.5, 0.6) is 11.5 Å². The van der Waals surface area contributed by atoms with Crippen molar-refractivity contribution in [2.24, 2.45) is 5.92 Å².